The summed E-state index contributed by atoms with van der Waals surface area (Å²) in [7, 11) is 0. The summed E-state index contributed by atoms with van der Waals surface area (Å²) in [4.78, 5) is 2.42. The topological polar surface area (TPSA) is 62.2 Å². The number of allylic oxidation sites excluding steroid dienone is 1. The Labute approximate surface area is 226 Å². The first-order valence-electron chi connectivity index (χ1n) is 13.1. The molecule has 2 aliphatic heterocycles. The van der Waals surface area contributed by atoms with Crippen LogP contribution in [0.15, 0.2) is 66.7 Å². The van der Waals surface area contributed by atoms with Crippen molar-refractivity contribution in [1.29, 1.82) is 0 Å². The van der Waals surface area contributed by atoms with Crippen LogP contribution in [0.3, 0.4) is 0 Å². The van der Waals surface area contributed by atoms with E-state index in [0.29, 0.717) is 29.4 Å². The van der Waals surface area contributed by atoms with Gasteiger partial charge in [-0.25, -0.2) is 0 Å². The third-order valence-corrected chi connectivity index (χ3v) is 7.41. The molecule has 2 N–H and O–H groups in total. The average Bonchev–Trinajstić information content (AvgIpc) is 3.33. The van der Waals surface area contributed by atoms with Crippen molar-refractivity contribution in [1.82, 2.24) is 4.90 Å². The molecule has 2 aliphatic rings. The third-order valence-electron chi connectivity index (χ3n) is 7.41. The van der Waals surface area contributed by atoms with Crippen LogP contribution in [0.5, 0.6) is 23.0 Å². The number of nitrogens with zero attached hydrogens (tertiary/aromatic N) is 1. The number of halogens is 3. The Morgan fingerprint density at radius 3 is 2.44 bits per heavy atom. The Bertz CT molecular complexity index is 1350. The molecule has 39 heavy (non-hydrogen) atoms. The van der Waals surface area contributed by atoms with Crippen molar-refractivity contribution in [3.8, 4) is 23.0 Å². The van der Waals surface area contributed by atoms with Crippen LogP contribution in [0.1, 0.15) is 49.5 Å². The molecule has 5 rings (SSSR count). The average molecular weight is 540 g/mol. The molecule has 0 radical (unpaired) electrons. The summed E-state index contributed by atoms with van der Waals surface area (Å²) in [5.41, 5.74) is 1.49. The lowest BCUT2D eigenvalue weighted by atomic mass is 9.84. The molecule has 2 heterocycles. The van der Waals surface area contributed by atoms with E-state index in [4.69, 9.17) is 9.47 Å². The Morgan fingerprint density at radius 2 is 1.77 bits per heavy atom. The maximum absolute atomic E-state index is 13.9. The van der Waals surface area contributed by atoms with E-state index in [2.05, 4.69) is 18.7 Å². The van der Waals surface area contributed by atoms with Gasteiger partial charge >= 0.3 is 6.18 Å². The molecule has 0 amide bonds. The van der Waals surface area contributed by atoms with Crippen LogP contribution in [0.25, 0.3) is 11.1 Å². The molecule has 5 nitrogen and oxygen atoms in total. The van der Waals surface area contributed by atoms with Gasteiger partial charge in [-0.2, -0.15) is 13.2 Å². The molecule has 0 spiro atoms. The first-order chi connectivity index (χ1) is 18.6. The molecule has 3 atom stereocenters. The van der Waals surface area contributed by atoms with Crippen molar-refractivity contribution in [2.24, 2.45) is 5.92 Å². The van der Waals surface area contributed by atoms with E-state index >= 15 is 0 Å². The molecule has 3 aromatic carbocycles. The van der Waals surface area contributed by atoms with Gasteiger partial charge in [0, 0.05) is 23.7 Å². The van der Waals surface area contributed by atoms with E-state index in [9.17, 15) is 23.4 Å². The minimum absolute atomic E-state index is 0.00996. The summed E-state index contributed by atoms with van der Waals surface area (Å²) in [5.74, 6) is 1.36. The quantitative estimate of drug-likeness (QED) is 0.332. The van der Waals surface area contributed by atoms with Crippen LogP contribution >= 0.6 is 0 Å². The lowest BCUT2D eigenvalue weighted by molar-refractivity contribution is -0.123. The number of phenols is 2. The van der Waals surface area contributed by atoms with Gasteiger partial charge in [-0.3, -0.25) is 4.90 Å². The largest absolute Gasteiger partial charge is 0.508 e. The first kappa shape index (κ1) is 26.9. The van der Waals surface area contributed by atoms with Crippen LogP contribution in [-0.2, 0) is 0 Å². The van der Waals surface area contributed by atoms with Gasteiger partial charge in [0.05, 0.1) is 6.42 Å². The van der Waals surface area contributed by atoms with Crippen LogP contribution in [0.4, 0.5) is 13.2 Å². The predicted octanol–water partition coefficient (Wildman–Crippen LogP) is 7.20. The standard InChI is InChI=1S/C31H32F3NO4/c1-19-12-13-35(17-19)20(2)18-38-25-9-6-21(7-10-25)30-29(22-4-3-5-23(36)14-22)27(16-31(32,33)34)26-15-24(37)8-11-28(26)39-30/h3-11,14-15,19-20,30,36-37H,12-13,16-18H2,1-2H3. The number of ether oxygens (including phenoxy) is 2. The monoisotopic (exact) mass is 539 g/mol. The van der Waals surface area contributed by atoms with E-state index < -0.39 is 18.7 Å². The van der Waals surface area contributed by atoms with E-state index in [1.807, 2.05) is 0 Å². The number of phenolic OH excluding ortho intramolecular Hbond substituents is 2. The third kappa shape index (κ3) is 6.17. The van der Waals surface area contributed by atoms with E-state index in [-0.39, 0.29) is 40.0 Å². The number of fused-ring (bicyclic) bond motifs is 1. The second kappa shape index (κ2) is 10.8. The molecule has 206 valence electrons. The second-order valence-corrected chi connectivity index (χ2v) is 10.5. The second-order valence-electron chi connectivity index (χ2n) is 10.5. The summed E-state index contributed by atoms with van der Waals surface area (Å²) >= 11 is 0. The number of likely N-dealkylation sites (tertiary alicyclic amines) is 1. The Morgan fingerprint density at radius 1 is 1.03 bits per heavy atom. The van der Waals surface area contributed by atoms with Crippen LogP contribution in [0, 0.1) is 5.92 Å². The summed E-state index contributed by atoms with van der Waals surface area (Å²) < 4.78 is 53.9. The fourth-order valence-electron chi connectivity index (χ4n) is 5.40. The molecule has 8 heteroatoms. The molecule has 0 aliphatic carbocycles. The van der Waals surface area contributed by atoms with Gasteiger partial charge in [0.1, 0.15) is 35.7 Å². The van der Waals surface area contributed by atoms with Crippen LogP contribution < -0.4 is 9.47 Å². The summed E-state index contributed by atoms with van der Waals surface area (Å²) in [6.45, 7) is 7.05. The zero-order chi connectivity index (χ0) is 27.7. The number of rotatable bonds is 7. The van der Waals surface area contributed by atoms with Crippen molar-refractivity contribution in [3.05, 3.63) is 83.4 Å². The fraction of sp³-hybridized carbons (Fsp3) is 0.355. The maximum atomic E-state index is 13.9. The van der Waals surface area contributed by atoms with Gasteiger partial charge in [0.2, 0.25) is 0 Å². The lowest BCUT2D eigenvalue weighted by Crippen LogP contribution is -2.35. The Kier molecular flexibility index (Phi) is 7.49. The van der Waals surface area contributed by atoms with E-state index in [1.54, 1.807) is 36.4 Å². The molecular formula is C31H32F3NO4. The Hall–Kier alpha value is -3.65. The van der Waals surface area contributed by atoms with Gasteiger partial charge in [-0.05, 0) is 85.0 Å². The summed E-state index contributed by atoms with van der Waals surface area (Å²) in [5, 5.41) is 20.2. The number of benzene rings is 3. The van der Waals surface area contributed by atoms with Crippen LogP contribution in [0.2, 0.25) is 0 Å². The number of aromatic hydroxyl groups is 2. The molecule has 0 aromatic heterocycles. The molecule has 0 bridgehead atoms. The highest BCUT2D eigenvalue weighted by Gasteiger charge is 2.38. The first-order valence-corrected chi connectivity index (χ1v) is 13.1. The maximum Gasteiger partial charge on any atom is 0.393 e. The van der Waals surface area contributed by atoms with E-state index in [0.717, 1.165) is 13.1 Å². The fourth-order valence-corrected chi connectivity index (χ4v) is 5.40. The Balaban J connectivity index is 1.49. The van der Waals surface area contributed by atoms with Crippen molar-refractivity contribution in [3.63, 3.8) is 0 Å². The van der Waals surface area contributed by atoms with Gasteiger partial charge in [0.25, 0.3) is 0 Å². The van der Waals surface area contributed by atoms with Crippen molar-refractivity contribution in [2.75, 3.05) is 19.7 Å². The molecule has 1 saturated heterocycles. The smallest absolute Gasteiger partial charge is 0.393 e. The van der Waals surface area contributed by atoms with E-state index in [1.165, 1.54) is 36.8 Å². The summed E-state index contributed by atoms with van der Waals surface area (Å²) in [6, 6.07) is 17.7. The minimum Gasteiger partial charge on any atom is -0.508 e. The molecular weight excluding hydrogens is 507 g/mol. The zero-order valence-electron chi connectivity index (χ0n) is 21.9. The summed E-state index contributed by atoms with van der Waals surface area (Å²) in [6.07, 6.45) is -5.42. The normalized spacial score (nSPS) is 20.4. The van der Waals surface area contributed by atoms with Gasteiger partial charge < -0.3 is 19.7 Å². The molecule has 1 fully saturated rings. The van der Waals surface area contributed by atoms with Crippen LogP contribution in [-0.4, -0.2) is 47.0 Å². The minimum atomic E-state index is -4.51. The number of alkyl halides is 3. The highest BCUT2D eigenvalue weighted by Crippen LogP contribution is 2.51. The SMILES string of the molecule is CC1CCN(C(C)COc2ccc(C3Oc4ccc(O)cc4C(CC(F)(F)F)=C3c3cccc(O)c3)cc2)C1. The molecule has 3 unspecified atom stereocenters. The lowest BCUT2D eigenvalue weighted by Gasteiger charge is -2.33. The van der Waals surface area contributed by atoms with Crippen molar-refractivity contribution >= 4 is 11.1 Å². The molecule has 0 saturated carbocycles. The highest BCUT2D eigenvalue weighted by molar-refractivity contribution is 5.97. The van der Waals surface area contributed by atoms with Crippen molar-refractivity contribution in [2.45, 2.75) is 45.0 Å². The van der Waals surface area contributed by atoms with Crippen molar-refractivity contribution < 1.29 is 32.9 Å². The molecule has 3 aromatic rings. The van der Waals surface area contributed by atoms with Gasteiger partial charge in [-0.15, -0.1) is 0 Å². The van der Waals surface area contributed by atoms with Gasteiger partial charge in [-0.1, -0.05) is 31.2 Å². The number of hydrogen-bond acceptors (Lipinski definition) is 5. The zero-order valence-corrected chi connectivity index (χ0v) is 21.9. The number of hydrogen-bond donors (Lipinski definition) is 2. The highest BCUT2D eigenvalue weighted by atomic mass is 19.4. The predicted molar refractivity (Wildman–Crippen MR) is 144 cm³/mol. The van der Waals surface area contributed by atoms with Gasteiger partial charge in [0.15, 0.2) is 0 Å².